The molecule has 0 aliphatic carbocycles. The lowest BCUT2D eigenvalue weighted by atomic mass is 10.1. The largest absolute Gasteiger partial charge is 0.468 e. The molecule has 0 fully saturated rings. The second kappa shape index (κ2) is 7.27. The third-order valence-electron chi connectivity index (χ3n) is 2.37. The predicted octanol–water partition coefficient (Wildman–Crippen LogP) is 0.917. The van der Waals surface area contributed by atoms with Gasteiger partial charge in [-0.15, -0.1) is 11.6 Å². The van der Waals surface area contributed by atoms with E-state index in [1.54, 1.807) is 0 Å². The third kappa shape index (κ3) is 4.34. The minimum Gasteiger partial charge on any atom is -0.468 e. The summed E-state index contributed by atoms with van der Waals surface area (Å²) in [5.41, 5.74) is 1.02. The Labute approximate surface area is 106 Å². The fourth-order valence-corrected chi connectivity index (χ4v) is 1.59. The number of benzene rings is 1. The zero-order valence-corrected chi connectivity index (χ0v) is 10.4. The molecule has 94 valence electrons. The number of alkyl halides is 1. The van der Waals surface area contributed by atoms with E-state index in [9.17, 15) is 9.90 Å². The first-order valence-electron chi connectivity index (χ1n) is 5.28. The van der Waals surface area contributed by atoms with Crippen molar-refractivity contribution in [2.45, 2.75) is 18.7 Å². The average molecular weight is 258 g/mol. The summed E-state index contributed by atoms with van der Waals surface area (Å²) in [5.74, 6) is -0.546. The maximum atomic E-state index is 11.4. The van der Waals surface area contributed by atoms with E-state index in [0.29, 0.717) is 6.54 Å². The van der Waals surface area contributed by atoms with Crippen LogP contribution in [-0.4, -0.2) is 36.2 Å². The van der Waals surface area contributed by atoms with Gasteiger partial charge in [0.25, 0.3) is 0 Å². The Morgan fingerprint density at radius 3 is 2.65 bits per heavy atom. The molecule has 1 aromatic rings. The summed E-state index contributed by atoms with van der Waals surface area (Å²) in [5, 5.41) is 12.5. The monoisotopic (exact) mass is 257 g/mol. The lowest BCUT2D eigenvalue weighted by molar-refractivity contribution is -0.145. The summed E-state index contributed by atoms with van der Waals surface area (Å²) in [4.78, 5) is 11.4. The molecule has 5 heteroatoms. The highest BCUT2D eigenvalue weighted by molar-refractivity contribution is 6.18. The number of carbonyl (C=O) groups is 1. The molecule has 0 aliphatic rings. The number of hydrogen-bond acceptors (Lipinski definition) is 4. The van der Waals surface area contributed by atoms with E-state index in [-0.39, 0.29) is 5.88 Å². The second-order valence-corrected chi connectivity index (χ2v) is 3.90. The molecule has 2 N–H and O–H groups in total. The van der Waals surface area contributed by atoms with Gasteiger partial charge in [-0.2, -0.15) is 0 Å². The Bertz CT molecular complexity index is 345. The van der Waals surface area contributed by atoms with E-state index in [1.807, 2.05) is 30.3 Å². The van der Waals surface area contributed by atoms with Crippen molar-refractivity contribution < 1.29 is 14.6 Å². The molecule has 0 unspecified atom stereocenters. The number of halogens is 1. The lowest BCUT2D eigenvalue weighted by Gasteiger charge is -2.20. The first-order chi connectivity index (χ1) is 8.19. The fourth-order valence-electron chi connectivity index (χ4n) is 1.42. The van der Waals surface area contributed by atoms with Gasteiger partial charge in [-0.1, -0.05) is 30.3 Å². The fraction of sp³-hybridized carbons (Fsp3) is 0.417. The first-order valence-corrected chi connectivity index (χ1v) is 5.81. The molecule has 17 heavy (non-hydrogen) atoms. The summed E-state index contributed by atoms with van der Waals surface area (Å²) in [6.45, 7) is 0.467. The van der Waals surface area contributed by atoms with Crippen LogP contribution in [0.2, 0.25) is 0 Å². The Hall–Kier alpha value is -1.10. The lowest BCUT2D eigenvalue weighted by Crippen LogP contribution is -2.47. The number of aliphatic hydroxyl groups excluding tert-OH is 1. The average Bonchev–Trinajstić information content (AvgIpc) is 2.39. The molecular formula is C12H16ClNO3. The summed E-state index contributed by atoms with van der Waals surface area (Å²) in [6, 6.07) is 8.76. The van der Waals surface area contributed by atoms with Crippen LogP contribution in [0.4, 0.5) is 0 Å². The van der Waals surface area contributed by atoms with Crippen molar-refractivity contribution in [1.82, 2.24) is 5.32 Å². The summed E-state index contributed by atoms with van der Waals surface area (Å²) in [6.07, 6.45) is -0.965. The standard InChI is InChI=1S/C12H16ClNO3/c1-17-12(16)11(10(15)7-13)14-8-9-5-3-2-4-6-9/h2-6,10-11,14-15H,7-8H2,1H3/t10-,11+/m0/s1. The highest BCUT2D eigenvalue weighted by atomic mass is 35.5. The van der Waals surface area contributed by atoms with Gasteiger partial charge in [-0.3, -0.25) is 10.1 Å². The number of rotatable bonds is 6. The number of aliphatic hydroxyl groups is 1. The molecule has 0 amide bonds. The van der Waals surface area contributed by atoms with E-state index in [1.165, 1.54) is 7.11 Å². The maximum absolute atomic E-state index is 11.4. The number of nitrogens with one attached hydrogen (secondary N) is 1. The molecule has 0 heterocycles. The van der Waals surface area contributed by atoms with Crippen LogP contribution in [0.25, 0.3) is 0 Å². The van der Waals surface area contributed by atoms with E-state index in [2.05, 4.69) is 10.1 Å². The molecule has 1 rings (SSSR count). The van der Waals surface area contributed by atoms with Crippen molar-refractivity contribution >= 4 is 17.6 Å². The smallest absolute Gasteiger partial charge is 0.325 e. The highest BCUT2D eigenvalue weighted by Gasteiger charge is 2.26. The van der Waals surface area contributed by atoms with Crippen molar-refractivity contribution in [3.63, 3.8) is 0 Å². The van der Waals surface area contributed by atoms with Gasteiger partial charge >= 0.3 is 5.97 Å². The zero-order chi connectivity index (χ0) is 12.7. The van der Waals surface area contributed by atoms with Gasteiger partial charge < -0.3 is 9.84 Å². The van der Waals surface area contributed by atoms with Crippen LogP contribution < -0.4 is 5.32 Å². The molecular weight excluding hydrogens is 242 g/mol. The quantitative estimate of drug-likeness (QED) is 0.588. The second-order valence-electron chi connectivity index (χ2n) is 3.59. The van der Waals surface area contributed by atoms with E-state index in [0.717, 1.165) is 5.56 Å². The minimum atomic E-state index is -0.965. The van der Waals surface area contributed by atoms with Gasteiger partial charge in [-0.25, -0.2) is 0 Å². The van der Waals surface area contributed by atoms with E-state index >= 15 is 0 Å². The zero-order valence-electron chi connectivity index (χ0n) is 9.60. The Morgan fingerprint density at radius 1 is 1.47 bits per heavy atom. The summed E-state index contributed by atoms with van der Waals surface area (Å²) >= 11 is 5.53. The van der Waals surface area contributed by atoms with Gasteiger partial charge in [-0.05, 0) is 5.56 Å². The molecule has 0 aromatic heterocycles. The minimum absolute atomic E-state index is 0.0262. The van der Waals surface area contributed by atoms with E-state index < -0.39 is 18.1 Å². The van der Waals surface area contributed by atoms with Crippen LogP contribution in [0.1, 0.15) is 5.56 Å². The van der Waals surface area contributed by atoms with Crippen molar-refractivity contribution in [2.75, 3.05) is 13.0 Å². The van der Waals surface area contributed by atoms with Crippen LogP contribution in [0, 0.1) is 0 Å². The SMILES string of the molecule is COC(=O)[C@H](NCc1ccccc1)[C@@H](O)CCl. The van der Waals surface area contributed by atoms with Gasteiger partial charge in [0, 0.05) is 6.54 Å². The third-order valence-corrected chi connectivity index (χ3v) is 2.68. The van der Waals surface area contributed by atoms with Crippen LogP contribution in [0.3, 0.4) is 0 Å². The molecule has 0 bridgehead atoms. The van der Waals surface area contributed by atoms with Crippen molar-refractivity contribution in [3.8, 4) is 0 Å². The molecule has 0 radical (unpaired) electrons. The number of hydrogen-bond donors (Lipinski definition) is 2. The number of methoxy groups -OCH3 is 1. The van der Waals surface area contributed by atoms with Gasteiger partial charge in [0.05, 0.1) is 19.1 Å². The Morgan fingerprint density at radius 2 is 2.12 bits per heavy atom. The molecule has 2 atom stereocenters. The molecule has 0 aliphatic heterocycles. The molecule has 4 nitrogen and oxygen atoms in total. The molecule has 1 aromatic carbocycles. The highest BCUT2D eigenvalue weighted by Crippen LogP contribution is 2.03. The Kier molecular flexibility index (Phi) is 5.97. The van der Waals surface area contributed by atoms with Crippen molar-refractivity contribution in [2.24, 2.45) is 0 Å². The van der Waals surface area contributed by atoms with Gasteiger partial charge in [0.15, 0.2) is 0 Å². The number of esters is 1. The summed E-state index contributed by atoms with van der Waals surface area (Å²) in [7, 11) is 1.28. The normalized spacial score (nSPS) is 14.1. The predicted molar refractivity (Wildman–Crippen MR) is 65.8 cm³/mol. The van der Waals surface area contributed by atoms with E-state index in [4.69, 9.17) is 11.6 Å². The molecule has 0 spiro atoms. The number of ether oxygens (including phenoxy) is 1. The van der Waals surface area contributed by atoms with Crippen LogP contribution in [0.5, 0.6) is 0 Å². The maximum Gasteiger partial charge on any atom is 0.325 e. The number of carbonyl (C=O) groups excluding carboxylic acids is 1. The van der Waals surface area contributed by atoms with Crippen LogP contribution >= 0.6 is 11.6 Å². The molecule has 0 saturated heterocycles. The molecule has 0 saturated carbocycles. The van der Waals surface area contributed by atoms with Gasteiger partial charge in [0.2, 0.25) is 0 Å². The topological polar surface area (TPSA) is 58.6 Å². The van der Waals surface area contributed by atoms with Crippen LogP contribution in [0.15, 0.2) is 30.3 Å². The Balaban J connectivity index is 2.58. The summed E-state index contributed by atoms with van der Waals surface area (Å²) < 4.78 is 4.60. The van der Waals surface area contributed by atoms with Gasteiger partial charge in [0.1, 0.15) is 6.04 Å². The van der Waals surface area contributed by atoms with Crippen molar-refractivity contribution in [3.05, 3.63) is 35.9 Å². The van der Waals surface area contributed by atoms with Crippen LogP contribution in [-0.2, 0) is 16.1 Å². The van der Waals surface area contributed by atoms with Crippen molar-refractivity contribution in [1.29, 1.82) is 0 Å². The first kappa shape index (κ1) is 14.0.